The first-order valence-corrected chi connectivity index (χ1v) is 14.1. The van der Waals surface area contributed by atoms with Crippen LogP contribution in [0.4, 0.5) is 4.79 Å². The number of esters is 1. The largest absolute Gasteiger partial charge is 0.463 e. The Morgan fingerprint density at radius 2 is 1.85 bits per heavy atom. The topological polar surface area (TPSA) is 82.2 Å². The summed E-state index contributed by atoms with van der Waals surface area (Å²) >= 11 is 12.7. The molecule has 2 aromatic carbocycles. The van der Waals surface area contributed by atoms with E-state index in [0.717, 1.165) is 12.0 Å². The van der Waals surface area contributed by atoms with Crippen molar-refractivity contribution in [1.82, 2.24) is 20.0 Å². The minimum Gasteiger partial charge on any atom is -0.463 e. The van der Waals surface area contributed by atoms with Crippen LogP contribution in [0.25, 0.3) is 0 Å². The van der Waals surface area contributed by atoms with Gasteiger partial charge in [-0.15, -0.1) is 6.58 Å². The monoisotopic (exact) mass is 584 g/mol. The fraction of sp³-hybridized carbons (Fsp3) is 0.367. The lowest BCUT2D eigenvalue weighted by molar-refractivity contribution is -0.139. The van der Waals surface area contributed by atoms with Gasteiger partial charge in [0.2, 0.25) is 0 Å². The Bertz CT molecular complexity index is 1310. The third kappa shape index (κ3) is 6.69. The molecular formula is C30H34Cl2N4O4. The molecule has 2 aliphatic rings. The van der Waals surface area contributed by atoms with E-state index in [0.29, 0.717) is 65.2 Å². The van der Waals surface area contributed by atoms with Gasteiger partial charge in [-0.05, 0) is 50.1 Å². The highest BCUT2D eigenvalue weighted by Gasteiger charge is 2.39. The van der Waals surface area contributed by atoms with E-state index in [1.54, 1.807) is 31.2 Å². The molecule has 1 unspecified atom stereocenters. The number of carbonyl (C=O) groups excluding carboxylic acids is 3. The highest BCUT2D eigenvalue weighted by atomic mass is 35.5. The van der Waals surface area contributed by atoms with Crippen molar-refractivity contribution < 1.29 is 19.1 Å². The summed E-state index contributed by atoms with van der Waals surface area (Å²) in [6.07, 6.45) is 2.36. The average molecular weight is 586 g/mol. The molecule has 1 N–H and O–H groups in total. The molecule has 1 atom stereocenters. The molecule has 0 radical (unpaired) electrons. The maximum Gasteiger partial charge on any atom is 0.338 e. The molecule has 3 amide bonds. The zero-order valence-corrected chi connectivity index (χ0v) is 24.3. The van der Waals surface area contributed by atoms with Crippen LogP contribution < -0.4 is 5.32 Å². The van der Waals surface area contributed by atoms with Crippen molar-refractivity contribution in [1.29, 1.82) is 0 Å². The number of benzene rings is 2. The summed E-state index contributed by atoms with van der Waals surface area (Å²) in [4.78, 5) is 45.5. The quantitative estimate of drug-likeness (QED) is 0.340. The van der Waals surface area contributed by atoms with E-state index in [2.05, 4.69) is 16.8 Å². The van der Waals surface area contributed by atoms with Gasteiger partial charge < -0.3 is 15.0 Å². The SMILES string of the molecule is C=CCN1C(=O)NC(c2ccc(Cl)cc2Cl)C(C(=O)OCC)=C1CN1CCCN(C(=O)c2ccc(C)cc2)CC1. The molecule has 2 aliphatic heterocycles. The van der Waals surface area contributed by atoms with Crippen molar-refractivity contribution in [3.8, 4) is 0 Å². The first-order valence-electron chi connectivity index (χ1n) is 13.4. The molecule has 0 aliphatic carbocycles. The maximum atomic E-state index is 13.4. The van der Waals surface area contributed by atoms with E-state index in [9.17, 15) is 14.4 Å². The Morgan fingerprint density at radius 3 is 2.52 bits per heavy atom. The number of hydrogen-bond acceptors (Lipinski definition) is 5. The van der Waals surface area contributed by atoms with Crippen LogP contribution in [-0.2, 0) is 9.53 Å². The first kappa shape index (κ1) is 29.6. The second-order valence-electron chi connectivity index (χ2n) is 9.82. The van der Waals surface area contributed by atoms with Gasteiger partial charge in [-0.1, -0.05) is 53.0 Å². The highest BCUT2D eigenvalue weighted by molar-refractivity contribution is 6.35. The zero-order valence-electron chi connectivity index (χ0n) is 22.8. The lowest BCUT2D eigenvalue weighted by Gasteiger charge is -2.38. The van der Waals surface area contributed by atoms with Gasteiger partial charge in [-0.25, -0.2) is 9.59 Å². The van der Waals surface area contributed by atoms with Crippen LogP contribution in [0.15, 0.2) is 66.4 Å². The van der Waals surface area contributed by atoms with E-state index in [1.165, 1.54) is 4.90 Å². The number of carbonyl (C=O) groups is 3. The van der Waals surface area contributed by atoms with E-state index >= 15 is 0 Å². The number of urea groups is 1. The van der Waals surface area contributed by atoms with Gasteiger partial charge in [0.05, 0.1) is 18.2 Å². The fourth-order valence-electron chi connectivity index (χ4n) is 5.04. The van der Waals surface area contributed by atoms with Crippen molar-refractivity contribution in [2.24, 2.45) is 0 Å². The van der Waals surface area contributed by atoms with Gasteiger partial charge in [-0.2, -0.15) is 0 Å². The minimum atomic E-state index is -0.820. The Balaban J connectivity index is 1.66. The fourth-order valence-corrected chi connectivity index (χ4v) is 5.55. The number of amides is 3. The van der Waals surface area contributed by atoms with Gasteiger partial charge in [0.1, 0.15) is 0 Å². The summed E-state index contributed by atoms with van der Waals surface area (Å²) in [7, 11) is 0. The molecule has 40 heavy (non-hydrogen) atoms. The molecule has 2 aromatic rings. The average Bonchev–Trinajstić information content (AvgIpc) is 3.16. The van der Waals surface area contributed by atoms with Crippen molar-refractivity contribution >= 4 is 41.1 Å². The van der Waals surface area contributed by atoms with Crippen LogP contribution >= 0.6 is 23.2 Å². The number of aryl methyl sites for hydroxylation is 1. The maximum absolute atomic E-state index is 13.4. The molecule has 1 fully saturated rings. The second-order valence-corrected chi connectivity index (χ2v) is 10.7. The van der Waals surface area contributed by atoms with Crippen LogP contribution in [0.3, 0.4) is 0 Å². The lowest BCUT2D eigenvalue weighted by Crippen LogP contribution is -2.51. The zero-order chi connectivity index (χ0) is 28.8. The van der Waals surface area contributed by atoms with Gasteiger partial charge in [0, 0.05) is 60.6 Å². The summed E-state index contributed by atoms with van der Waals surface area (Å²) in [5.41, 5.74) is 3.14. The Hall–Kier alpha value is -3.33. The predicted molar refractivity (Wildman–Crippen MR) is 156 cm³/mol. The van der Waals surface area contributed by atoms with Gasteiger partial charge in [-0.3, -0.25) is 14.6 Å². The van der Waals surface area contributed by atoms with Crippen molar-refractivity contribution in [2.75, 3.05) is 45.9 Å². The standard InChI is InChI=1S/C30H34Cl2N4O4/c1-4-13-36-25(19-34-14-6-15-35(17-16-34)28(37)21-9-7-20(3)8-10-21)26(29(38)40-5-2)27(33-30(36)39)23-12-11-22(31)18-24(23)32/h4,7-12,18,27H,1,5-6,13-17,19H2,2-3H3,(H,33,39). The minimum absolute atomic E-state index is 0.00366. The number of hydrogen-bond donors (Lipinski definition) is 1. The normalized spacial score (nSPS) is 18.3. The second kappa shape index (κ2) is 13.4. The highest BCUT2D eigenvalue weighted by Crippen LogP contribution is 2.36. The number of halogens is 2. The molecule has 10 heteroatoms. The van der Waals surface area contributed by atoms with Gasteiger partial charge in [0.25, 0.3) is 5.91 Å². The van der Waals surface area contributed by atoms with E-state index in [4.69, 9.17) is 27.9 Å². The van der Waals surface area contributed by atoms with E-state index in [1.807, 2.05) is 36.1 Å². The Kier molecular flexibility index (Phi) is 9.90. The number of rotatable bonds is 8. The van der Waals surface area contributed by atoms with Crippen molar-refractivity contribution in [3.63, 3.8) is 0 Å². The van der Waals surface area contributed by atoms with Crippen molar-refractivity contribution in [3.05, 3.63) is 93.1 Å². The molecule has 1 saturated heterocycles. The number of nitrogens with one attached hydrogen (secondary N) is 1. The van der Waals surface area contributed by atoms with Crippen molar-refractivity contribution in [2.45, 2.75) is 26.3 Å². The summed E-state index contributed by atoms with van der Waals surface area (Å²) in [5, 5.41) is 3.70. The van der Waals surface area contributed by atoms with E-state index < -0.39 is 12.0 Å². The van der Waals surface area contributed by atoms with Crippen LogP contribution in [0.1, 0.15) is 40.9 Å². The molecule has 4 rings (SSSR count). The van der Waals surface area contributed by atoms with Crippen LogP contribution in [0.2, 0.25) is 10.0 Å². The molecule has 2 heterocycles. The number of nitrogens with zero attached hydrogens (tertiary/aromatic N) is 3. The van der Waals surface area contributed by atoms with Crippen LogP contribution in [0.5, 0.6) is 0 Å². The summed E-state index contributed by atoms with van der Waals surface area (Å²) in [6.45, 7) is 10.6. The summed E-state index contributed by atoms with van der Waals surface area (Å²) in [5.74, 6) is -0.537. The van der Waals surface area contributed by atoms with E-state index in [-0.39, 0.29) is 25.1 Å². The summed E-state index contributed by atoms with van der Waals surface area (Å²) in [6, 6.07) is 11.3. The first-order chi connectivity index (χ1) is 19.2. The predicted octanol–water partition coefficient (Wildman–Crippen LogP) is 5.22. The van der Waals surface area contributed by atoms with Gasteiger partial charge in [0.15, 0.2) is 0 Å². The third-order valence-corrected chi connectivity index (χ3v) is 7.63. The Morgan fingerprint density at radius 1 is 1.10 bits per heavy atom. The molecule has 0 spiro atoms. The van der Waals surface area contributed by atoms with Crippen LogP contribution in [-0.4, -0.2) is 78.5 Å². The Labute approximate surface area is 245 Å². The number of ether oxygens (including phenoxy) is 1. The molecule has 0 bridgehead atoms. The molecule has 8 nitrogen and oxygen atoms in total. The molecule has 0 aromatic heterocycles. The van der Waals surface area contributed by atoms with Crippen LogP contribution in [0, 0.1) is 6.92 Å². The third-order valence-electron chi connectivity index (χ3n) is 7.07. The smallest absolute Gasteiger partial charge is 0.338 e. The molecular weight excluding hydrogens is 551 g/mol. The lowest BCUT2D eigenvalue weighted by atomic mass is 9.94. The summed E-state index contributed by atoms with van der Waals surface area (Å²) < 4.78 is 5.47. The van der Waals surface area contributed by atoms with Gasteiger partial charge >= 0.3 is 12.0 Å². The molecule has 0 saturated carbocycles. The molecule has 212 valence electrons.